The lowest BCUT2D eigenvalue weighted by atomic mass is 10.2. The standard InChI is InChI=1S/C13H12BrF3N2O/c1-7-8(2)20-12(19-7)6-18-11-4-3-9(5-10(11)14)13(15,16)17/h3-5,18H,6H2,1-2H3. The summed E-state index contributed by atoms with van der Waals surface area (Å²) in [5.74, 6) is 1.22. The molecule has 0 aliphatic carbocycles. The second-order valence-electron chi connectivity index (χ2n) is 4.30. The van der Waals surface area contributed by atoms with E-state index in [1.165, 1.54) is 6.07 Å². The third-order valence-electron chi connectivity index (χ3n) is 2.80. The molecule has 3 nitrogen and oxygen atoms in total. The second-order valence-corrected chi connectivity index (χ2v) is 5.15. The Morgan fingerprint density at radius 1 is 1.30 bits per heavy atom. The normalized spacial score (nSPS) is 11.7. The van der Waals surface area contributed by atoms with Gasteiger partial charge in [0, 0.05) is 10.2 Å². The lowest BCUT2D eigenvalue weighted by Crippen LogP contribution is -2.06. The molecule has 0 fully saturated rings. The number of halogens is 4. The smallest absolute Gasteiger partial charge is 0.416 e. The van der Waals surface area contributed by atoms with Gasteiger partial charge in [-0.15, -0.1) is 0 Å². The molecule has 1 heterocycles. The summed E-state index contributed by atoms with van der Waals surface area (Å²) in [5.41, 5.74) is 0.650. The van der Waals surface area contributed by atoms with Gasteiger partial charge in [0.2, 0.25) is 5.89 Å². The third-order valence-corrected chi connectivity index (χ3v) is 3.46. The Labute approximate surface area is 122 Å². The minimum Gasteiger partial charge on any atom is -0.444 e. The third kappa shape index (κ3) is 3.33. The first kappa shape index (κ1) is 14.9. The highest BCUT2D eigenvalue weighted by molar-refractivity contribution is 9.10. The quantitative estimate of drug-likeness (QED) is 0.874. The summed E-state index contributed by atoms with van der Waals surface area (Å²) in [6.07, 6.45) is -4.35. The maximum atomic E-state index is 12.5. The number of oxazole rings is 1. The van der Waals surface area contributed by atoms with E-state index in [9.17, 15) is 13.2 Å². The van der Waals surface area contributed by atoms with Crippen LogP contribution in [0.25, 0.3) is 0 Å². The molecule has 20 heavy (non-hydrogen) atoms. The summed E-state index contributed by atoms with van der Waals surface area (Å²) in [6, 6.07) is 3.43. The van der Waals surface area contributed by atoms with E-state index in [-0.39, 0.29) is 0 Å². The van der Waals surface area contributed by atoms with Crippen molar-refractivity contribution in [3.8, 4) is 0 Å². The van der Waals surface area contributed by atoms with E-state index in [0.29, 0.717) is 22.6 Å². The van der Waals surface area contributed by atoms with Crippen LogP contribution >= 0.6 is 15.9 Å². The van der Waals surface area contributed by atoms with Crippen LogP contribution in [0.15, 0.2) is 27.1 Å². The molecule has 0 aliphatic rings. The monoisotopic (exact) mass is 348 g/mol. The largest absolute Gasteiger partial charge is 0.444 e. The van der Waals surface area contributed by atoms with Crippen molar-refractivity contribution in [3.63, 3.8) is 0 Å². The average Bonchev–Trinajstić information content (AvgIpc) is 2.66. The SMILES string of the molecule is Cc1nc(CNc2ccc(C(F)(F)F)cc2Br)oc1C. The van der Waals surface area contributed by atoms with Gasteiger partial charge in [-0.2, -0.15) is 13.2 Å². The molecule has 2 aromatic rings. The Balaban J connectivity index is 2.10. The lowest BCUT2D eigenvalue weighted by molar-refractivity contribution is -0.137. The van der Waals surface area contributed by atoms with Gasteiger partial charge in [-0.05, 0) is 48.0 Å². The number of rotatable bonds is 3. The van der Waals surface area contributed by atoms with Crippen LogP contribution in [0.3, 0.4) is 0 Å². The number of hydrogen-bond acceptors (Lipinski definition) is 3. The molecular formula is C13H12BrF3N2O. The number of nitrogens with zero attached hydrogens (tertiary/aromatic N) is 1. The molecule has 0 atom stereocenters. The van der Waals surface area contributed by atoms with Crippen molar-refractivity contribution in [2.75, 3.05) is 5.32 Å². The summed E-state index contributed by atoms with van der Waals surface area (Å²) in [7, 11) is 0. The predicted octanol–water partition coefficient (Wildman–Crippen LogP) is 4.68. The maximum Gasteiger partial charge on any atom is 0.416 e. The number of aromatic nitrogens is 1. The molecule has 7 heteroatoms. The molecule has 0 radical (unpaired) electrons. The van der Waals surface area contributed by atoms with E-state index >= 15 is 0 Å². The van der Waals surface area contributed by atoms with Crippen molar-refractivity contribution < 1.29 is 17.6 Å². The average molecular weight is 349 g/mol. The molecule has 2 rings (SSSR count). The molecule has 0 saturated carbocycles. The molecule has 1 aromatic heterocycles. The van der Waals surface area contributed by atoms with Crippen LogP contribution in [-0.2, 0) is 12.7 Å². The molecule has 0 saturated heterocycles. The minimum absolute atomic E-state index is 0.304. The molecular weight excluding hydrogens is 337 g/mol. The van der Waals surface area contributed by atoms with Crippen molar-refractivity contribution in [3.05, 3.63) is 45.6 Å². The van der Waals surface area contributed by atoms with E-state index in [1.807, 2.05) is 6.92 Å². The fourth-order valence-electron chi connectivity index (χ4n) is 1.62. The summed E-state index contributed by atoms with van der Waals surface area (Å²) in [6.45, 7) is 3.94. The first-order valence-corrected chi connectivity index (χ1v) is 6.60. The highest BCUT2D eigenvalue weighted by Gasteiger charge is 2.30. The Kier molecular flexibility index (Phi) is 4.08. The van der Waals surface area contributed by atoms with Crippen LogP contribution in [0.2, 0.25) is 0 Å². The number of alkyl halides is 3. The molecule has 1 aromatic carbocycles. The van der Waals surface area contributed by atoms with Gasteiger partial charge >= 0.3 is 6.18 Å². The lowest BCUT2D eigenvalue weighted by Gasteiger charge is -2.11. The maximum absolute atomic E-state index is 12.5. The van der Waals surface area contributed by atoms with Gasteiger partial charge in [0.05, 0.1) is 17.8 Å². The molecule has 0 spiro atoms. The first-order chi connectivity index (χ1) is 9.27. The van der Waals surface area contributed by atoms with Crippen molar-refractivity contribution in [2.24, 2.45) is 0 Å². The molecule has 1 N–H and O–H groups in total. The minimum atomic E-state index is -4.35. The first-order valence-electron chi connectivity index (χ1n) is 5.81. The van der Waals surface area contributed by atoms with E-state index in [0.717, 1.165) is 23.6 Å². The zero-order chi connectivity index (χ0) is 14.9. The van der Waals surface area contributed by atoms with Gasteiger partial charge in [0.25, 0.3) is 0 Å². The Morgan fingerprint density at radius 2 is 2.00 bits per heavy atom. The predicted molar refractivity (Wildman–Crippen MR) is 72.4 cm³/mol. The van der Waals surface area contributed by atoms with Crippen LogP contribution in [0.4, 0.5) is 18.9 Å². The Hall–Kier alpha value is -1.50. The van der Waals surface area contributed by atoms with Crippen LogP contribution < -0.4 is 5.32 Å². The summed E-state index contributed by atoms with van der Waals surface area (Å²) in [5, 5.41) is 2.98. The van der Waals surface area contributed by atoms with E-state index in [4.69, 9.17) is 4.42 Å². The molecule has 0 bridgehead atoms. The highest BCUT2D eigenvalue weighted by Crippen LogP contribution is 2.34. The van der Waals surface area contributed by atoms with Crippen LogP contribution in [-0.4, -0.2) is 4.98 Å². The zero-order valence-electron chi connectivity index (χ0n) is 10.8. The zero-order valence-corrected chi connectivity index (χ0v) is 12.4. The van der Waals surface area contributed by atoms with Crippen molar-refractivity contribution in [1.29, 1.82) is 0 Å². The fraction of sp³-hybridized carbons (Fsp3) is 0.308. The highest BCUT2D eigenvalue weighted by atomic mass is 79.9. The van der Waals surface area contributed by atoms with Crippen LogP contribution in [0.1, 0.15) is 22.9 Å². The van der Waals surface area contributed by atoms with Crippen LogP contribution in [0.5, 0.6) is 0 Å². The number of anilines is 1. The number of nitrogens with one attached hydrogen (secondary N) is 1. The van der Waals surface area contributed by atoms with Gasteiger partial charge in [-0.3, -0.25) is 0 Å². The number of hydrogen-bond donors (Lipinski definition) is 1. The summed E-state index contributed by atoms with van der Waals surface area (Å²) >= 11 is 3.12. The van der Waals surface area contributed by atoms with E-state index < -0.39 is 11.7 Å². The Morgan fingerprint density at radius 3 is 2.50 bits per heavy atom. The number of benzene rings is 1. The van der Waals surface area contributed by atoms with Crippen LogP contribution in [0, 0.1) is 13.8 Å². The van der Waals surface area contributed by atoms with Crippen molar-refractivity contribution in [1.82, 2.24) is 4.98 Å². The van der Waals surface area contributed by atoms with Gasteiger partial charge in [-0.1, -0.05) is 0 Å². The topological polar surface area (TPSA) is 38.1 Å². The van der Waals surface area contributed by atoms with E-state index in [1.54, 1.807) is 6.92 Å². The van der Waals surface area contributed by atoms with Gasteiger partial charge in [-0.25, -0.2) is 4.98 Å². The second kappa shape index (κ2) is 5.47. The van der Waals surface area contributed by atoms with E-state index in [2.05, 4.69) is 26.2 Å². The van der Waals surface area contributed by atoms with Gasteiger partial charge < -0.3 is 9.73 Å². The Bertz CT molecular complexity index is 603. The van der Waals surface area contributed by atoms with Gasteiger partial charge in [0.1, 0.15) is 5.76 Å². The molecule has 108 valence electrons. The molecule has 0 amide bonds. The summed E-state index contributed by atoms with van der Waals surface area (Å²) in [4.78, 5) is 4.19. The fourth-order valence-corrected chi connectivity index (χ4v) is 2.14. The number of aryl methyl sites for hydroxylation is 2. The van der Waals surface area contributed by atoms with Gasteiger partial charge in [0.15, 0.2) is 0 Å². The molecule has 0 aliphatic heterocycles. The van der Waals surface area contributed by atoms with Crippen molar-refractivity contribution in [2.45, 2.75) is 26.6 Å². The van der Waals surface area contributed by atoms with Crippen molar-refractivity contribution >= 4 is 21.6 Å². The molecule has 0 unspecified atom stereocenters. The summed E-state index contributed by atoms with van der Waals surface area (Å²) < 4.78 is 43.3.